The topological polar surface area (TPSA) is 68.3 Å². The minimum Gasteiger partial charge on any atom is -0.342 e. The molecular formula is C20H24N6O. The molecule has 4 rings (SSSR count). The second-order valence-corrected chi connectivity index (χ2v) is 7.37. The number of aryl methyl sites for hydroxylation is 1. The zero-order valence-corrected chi connectivity index (χ0v) is 15.7. The van der Waals surface area contributed by atoms with Crippen LogP contribution in [-0.4, -0.2) is 48.8 Å². The van der Waals surface area contributed by atoms with E-state index in [9.17, 15) is 4.79 Å². The van der Waals surface area contributed by atoms with Crippen molar-refractivity contribution in [1.82, 2.24) is 29.3 Å². The third kappa shape index (κ3) is 3.37. The van der Waals surface area contributed by atoms with E-state index in [1.54, 1.807) is 9.58 Å². The van der Waals surface area contributed by atoms with Crippen molar-refractivity contribution in [1.29, 1.82) is 0 Å². The Kier molecular flexibility index (Phi) is 4.51. The van der Waals surface area contributed by atoms with Crippen LogP contribution in [0.25, 0.3) is 16.8 Å². The van der Waals surface area contributed by atoms with Gasteiger partial charge < -0.3 is 4.90 Å². The van der Waals surface area contributed by atoms with Gasteiger partial charge in [-0.1, -0.05) is 6.58 Å². The Bertz CT molecular complexity index is 987. The number of carbonyl (C=O) groups is 1. The van der Waals surface area contributed by atoms with Crippen LogP contribution in [0.3, 0.4) is 0 Å². The highest BCUT2D eigenvalue weighted by atomic mass is 16.2. The van der Waals surface area contributed by atoms with Crippen molar-refractivity contribution in [2.24, 2.45) is 13.0 Å². The number of hydrogen-bond donors (Lipinski definition) is 0. The maximum absolute atomic E-state index is 11.8. The first-order valence-electron chi connectivity index (χ1n) is 9.26. The molecule has 0 aliphatic heterocycles. The third-order valence-electron chi connectivity index (χ3n) is 5.43. The van der Waals surface area contributed by atoms with Crippen LogP contribution in [-0.2, 0) is 11.8 Å². The predicted molar refractivity (Wildman–Crippen MR) is 103 cm³/mol. The van der Waals surface area contributed by atoms with E-state index in [2.05, 4.69) is 16.8 Å². The monoisotopic (exact) mass is 364 g/mol. The molecule has 140 valence electrons. The van der Waals surface area contributed by atoms with Gasteiger partial charge in [0.25, 0.3) is 0 Å². The van der Waals surface area contributed by atoms with Gasteiger partial charge in [-0.3, -0.25) is 9.48 Å². The summed E-state index contributed by atoms with van der Waals surface area (Å²) in [7, 11) is 3.74. The zero-order valence-electron chi connectivity index (χ0n) is 15.7. The Morgan fingerprint density at radius 1 is 1.37 bits per heavy atom. The molecule has 1 amide bonds. The van der Waals surface area contributed by atoms with Gasteiger partial charge in [-0.15, -0.1) is 0 Å². The Balaban J connectivity index is 1.61. The average molecular weight is 364 g/mol. The molecule has 0 bridgehead atoms. The van der Waals surface area contributed by atoms with Crippen LogP contribution in [0.5, 0.6) is 0 Å². The molecular weight excluding hydrogens is 340 g/mol. The van der Waals surface area contributed by atoms with E-state index in [0.29, 0.717) is 11.8 Å². The van der Waals surface area contributed by atoms with Crippen molar-refractivity contribution in [2.75, 3.05) is 13.6 Å². The number of nitrogens with zero attached hydrogens (tertiary/aromatic N) is 6. The van der Waals surface area contributed by atoms with Crippen LogP contribution in [0.4, 0.5) is 0 Å². The van der Waals surface area contributed by atoms with E-state index in [-0.39, 0.29) is 5.91 Å². The lowest BCUT2D eigenvalue weighted by Gasteiger charge is -2.20. The Morgan fingerprint density at radius 2 is 2.22 bits per heavy atom. The van der Waals surface area contributed by atoms with Crippen molar-refractivity contribution in [3.8, 4) is 11.3 Å². The normalized spacial score (nSPS) is 19.5. The van der Waals surface area contributed by atoms with Gasteiger partial charge >= 0.3 is 0 Å². The summed E-state index contributed by atoms with van der Waals surface area (Å²) in [5.41, 5.74) is 4.02. The molecule has 1 aliphatic carbocycles. The number of fused-ring (bicyclic) bond motifs is 1. The van der Waals surface area contributed by atoms with Crippen LogP contribution in [0.15, 0.2) is 43.5 Å². The molecule has 1 fully saturated rings. The molecule has 0 radical (unpaired) electrons. The summed E-state index contributed by atoms with van der Waals surface area (Å²) in [4.78, 5) is 18.5. The molecule has 0 spiro atoms. The van der Waals surface area contributed by atoms with Crippen molar-refractivity contribution < 1.29 is 4.79 Å². The number of hydrogen-bond acceptors (Lipinski definition) is 4. The number of carbonyl (C=O) groups excluding carboxylic acids is 1. The molecule has 3 aromatic heterocycles. The van der Waals surface area contributed by atoms with Crippen molar-refractivity contribution in [2.45, 2.75) is 25.2 Å². The second kappa shape index (κ2) is 6.98. The lowest BCUT2D eigenvalue weighted by atomic mass is 10.00. The van der Waals surface area contributed by atoms with Gasteiger partial charge in [0.15, 0.2) is 0 Å². The van der Waals surface area contributed by atoms with E-state index in [0.717, 1.165) is 48.3 Å². The van der Waals surface area contributed by atoms with Crippen LogP contribution in [0.2, 0.25) is 0 Å². The first-order valence-corrected chi connectivity index (χ1v) is 9.26. The largest absolute Gasteiger partial charge is 0.342 e. The van der Waals surface area contributed by atoms with Crippen molar-refractivity contribution >= 4 is 11.4 Å². The highest BCUT2D eigenvalue weighted by Crippen LogP contribution is 2.40. The minimum atomic E-state index is -0.0201. The number of likely N-dealkylation sites (N-methyl/N-ethyl adjacent to an activating group) is 1. The molecule has 27 heavy (non-hydrogen) atoms. The van der Waals surface area contributed by atoms with Gasteiger partial charge in [0, 0.05) is 38.3 Å². The standard InChI is InChI=1S/C20H24N6O/c1-4-19(27)24(2)11-14-5-6-15(9-14)20-18-7-8-21-26(18)13-17(23-20)16-10-22-25(3)12-16/h4,7-8,10,12-15H,1,5-6,9,11H2,2-3H3. The highest BCUT2D eigenvalue weighted by Gasteiger charge is 2.30. The fourth-order valence-corrected chi connectivity index (χ4v) is 4.07. The van der Waals surface area contributed by atoms with Crippen molar-refractivity contribution in [3.05, 3.63) is 49.2 Å². The van der Waals surface area contributed by atoms with Crippen LogP contribution < -0.4 is 0 Å². The first kappa shape index (κ1) is 17.5. The van der Waals surface area contributed by atoms with Gasteiger partial charge in [0.05, 0.1) is 35.5 Å². The maximum atomic E-state index is 11.8. The van der Waals surface area contributed by atoms with Gasteiger partial charge in [0.2, 0.25) is 5.91 Å². The maximum Gasteiger partial charge on any atom is 0.245 e. The second-order valence-electron chi connectivity index (χ2n) is 7.37. The molecule has 0 N–H and O–H groups in total. The quantitative estimate of drug-likeness (QED) is 0.653. The summed E-state index contributed by atoms with van der Waals surface area (Å²) in [5, 5.41) is 8.69. The Labute approximate surface area is 158 Å². The summed E-state index contributed by atoms with van der Waals surface area (Å²) in [6.45, 7) is 4.33. The smallest absolute Gasteiger partial charge is 0.245 e. The minimum absolute atomic E-state index is 0.0201. The van der Waals surface area contributed by atoms with Gasteiger partial charge in [-0.05, 0) is 37.3 Å². The average Bonchev–Trinajstić information content (AvgIpc) is 3.40. The summed E-state index contributed by atoms with van der Waals surface area (Å²) >= 11 is 0. The fraction of sp³-hybridized carbons (Fsp3) is 0.400. The zero-order chi connectivity index (χ0) is 19.0. The molecule has 7 nitrogen and oxygen atoms in total. The molecule has 2 unspecified atom stereocenters. The lowest BCUT2D eigenvalue weighted by Crippen LogP contribution is -2.29. The summed E-state index contributed by atoms with van der Waals surface area (Å²) < 4.78 is 3.69. The SMILES string of the molecule is C=CC(=O)N(C)CC1CCC(c2nc(-c3cnn(C)c3)cn3nccc23)C1. The molecule has 3 heterocycles. The van der Waals surface area contributed by atoms with E-state index < -0.39 is 0 Å². The molecule has 7 heteroatoms. The highest BCUT2D eigenvalue weighted by molar-refractivity contribution is 5.86. The number of rotatable bonds is 5. The molecule has 1 aliphatic rings. The van der Waals surface area contributed by atoms with Gasteiger partial charge in [-0.2, -0.15) is 10.2 Å². The van der Waals surface area contributed by atoms with E-state index in [1.165, 1.54) is 6.08 Å². The van der Waals surface area contributed by atoms with Crippen molar-refractivity contribution in [3.63, 3.8) is 0 Å². The number of amides is 1. The molecule has 2 atom stereocenters. The molecule has 0 aromatic carbocycles. The van der Waals surface area contributed by atoms with E-state index in [1.807, 2.05) is 49.5 Å². The Hall–Kier alpha value is -2.96. The first-order chi connectivity index (χ1) is 13.0. The summed E-state index contributed by atoms with van der Waals surface area (Å²) in [6, 6.07) is 2.02. The number of aromatic nitrogens is 5. The van der Waals surface area contributed by atoms with E-state index >= 15 is 0 Å². The fourth-order valence-electron chi connectivity index (χ4n) is 4.07. The summed E-state index contributed by atoms with van der Waals surface area (Å²) in [5.74, 6) is 0.835. The summed E-state index contributed by atoms with van der Waals surface area (Å²) in [6.07, 6.45) is 12.1. The predicted octanol–water partition coefficient (Wildman–Crippen LogP) is 2.66. The van der Waals surface area contributed by atoms with Crippen LogP contribution in [0.1, 0.15) is 30.9 Å². The molecule has 1 saturated carbocycles. The van der Waals surface area contributed by atoms with Crippen LogP contribution in [0, 0.1) is 5.92 Å². The lowest BCUT2D eigenvalue weighted by molar-refractivity contribution is -0.125. The van der Waals surface area contributed by atoms with E-state index in [4.69, 9.17) is 4.98 Å². The van der Waals surface area contributed by atoms with Gasteiger partial charge in [0.1, 0.15) is 0 Å². The Morgan fingerprint density at radius 3 is 2.96 bits per heavy atom. The third-order valence-corrected chi connectivity index (χ3v) is 5.43. The van der Waals surface area contributed by atoms with Gasteiger partial charge in [-0.25, -0.2) is 9.50 Å². The van der Waals surface area contributed by atoms with Crippen LogP contribution >= 0.6 is 0 Å². The molecule has 3 aromatic rings. The molecule has 0 saturated heterocycles.